The Morgan fingerprint density at radius 1 is 1.33 bits per heavy atom. The summed E-state index contributed by atoms with van der Waals surface area (Å²) in [6, 6.07) is 0. The number of hydrogen-bond acceptors (Lipinski definition) is 4. The molecule has 0 aromatic carbocycles. The Morgan fingerprint density at radius 2 is 2.00 bits per heavy atom. The van der Waals surface area contributed by atoms with Crippen LogP contribution < -0.4 is 0 Å². The second kappa shape index (κ2) is 3.42. The molecule has 82 valence electrons. The molecule has 2 aromatic heterocycles. The minimum absolute atomic E-state index is 0.0552. The highest BCUT2D eigenvalue weighted by atomic mass is 35.5. The van der Waals surface area contributed by atoms with E-state index in [0.717, 1.165) is 15.8 Å². The molecular weight excluding hydrogens is 232 g/mol. The molecule has 0 radical (unpaired) electrons. The van der Waals surface area contributed by atoms with Crippen molar-refractivity contribution in [2.24, 2.45) is 0 Å². The van der Waals surface area contributed by atoms with Gasteiger partial charge in [0.05, 0.1) is 5.38 Å². The number of nitrogens with zero attached hydrogens (tertiary/aromatic N) is 4. The van der Waals surface area contributed by atoms with Crippen molar-refractivity contribution in [3.8, 4) is 0 Å². The molecule has 0 saturated carbocycles. The van der Waals surface area contributed by atoms with Gasteiger partial charge >= 0.3 is 0 Å². The molecule has 0 aliphatic heterocycles. The Balaban J connectivity index is 2.59. The fourth-order valence-electron chi connectivity index (χ4n) is 1.26. The van der Waals surface area contributed by atoms with Gasteiger partial charge in [0.15, 0.2) is 5.82 Å². The van der Waals surface area contributed by atoms with Crippen LogP contribution in [-0.2, 0) is 5.41 Å². The van der Waals surface area contributed by atoms with Crippen LogP contribution in [0.5, 0.6) is 0 Å². The molecule has 4 nitrogen and oxygen atoms in total. The molecule has 0 saturated heterocycles. The highest BCUT2D eigenvalue weighted by Gasteiger charge is 2.23. The van der Waals surface area contributed by atoms with Gasteiger partial charge in [-0.25, -0.2) is 0 Å². The summed E-state index contributed by atoms with van der Waals surface area (Å²) in [5.74, 6) is 0.873. The lowest BCUT2D eigenvalue weighted by atomic mass is 9.96. The van der Waals surface area contributed by atoms with Crippen molar-refractivity contribution in [2.45, 2.75) is 38.5 Å². The third kappa shape index (κ3) is 1.86. The van der Waals surface area contributed by atoms with Crippen molar-refractivity contribution < 1.29 is 0 Å². The van der Waals surface area contributed by atoms with E-state index >= 15 is 0 Å². The largest absolute Gasteiger partial charge is 0.234 e. The van der Waals surface area contributed by atoms with E-state index in [1.54, 1.807) is 4.52 Å². The number of fused-ring (bicyclic) bond motifs is 1. The Kier molecular flexibility index (Phi) is 2.47. The average Bonchev–Trinajstić information content (AvgIpc) is 2.56. The standard InChI is InChI=1S/C9H13ClN4S/c1-5(10)6-13-14-7(9(2,3)4)11-12-8(14)15-6/h5H,1-4H3. The minimum atomic E-state index is -0.0791. The molecule has 0 bridgehead atoms. The monoisotopic (exact) mass is 244 g/mol. The summed E-state index contributed by atoms with van der Waals surface area (Å²) < 4.78 is 1.79. The van der Waals surface area contributed by atoms with Crippen LogP contribution in [-0.4, -0.2) is 19.8 Å². The molecule has 0 aliphatic rings. The first-order chi connectivity index (χ1) is 6.89. The van der Waals surface area contributed by atoms with E-state index in [4.69, 9.17) is 11.6 Å². The predicted molar refractivity (Wildman–Crippen MR) is 61.6 cm³/mol. The number of hydrogen-bond donors (Lipinski definition) is 0. The predicted octanol–water partition coefficient (Wildman–Crippen LogP) is 2.78. The van der Waals surface area contributed by atoms with Gasteiger partial charge in [-0.2, -0.15) is 9.61 Å². The zero-order chi connectivity index (χ0) is 11.2. The molecule has 0 spiro atoms. The highest BCUT2D eigenvalue weighted by Crippen LogP contribution is 2.27. The summed E-state index contributed by atoms with van der Waals surface area (Å²) in [5.41, 5.74) is -0.0552. The van der Waals surface area contributed by atoms with Gasteiger partial charge in [0.25, 0.3) is 0 Å². The van der Waals surface area contributed by atoms with Gasteiger partial charge in [-0.1, -0.05) is 32.1 Å². The SMILES string of the molecule is CC(Cl)c1nn2c(C(C)(C)C)nnc2s1. The molecule has 15 heavy (non-hydrogen) atoms. The van der Waals surface area contributed by atoms with Crippen LogP contribution in [0.15, 0.2) is 0 Å². The van der Waals surface area contributed by atoms with Crippen molar-refractivity contribution in [1.82, 2.24) is 19.8 Å². The van der Waals surface area contributed by atoms with Crippen LogP contribution in [0.2, 0.25) is 0 Å². The number of alkyl halides is 1. The summed E-state index contributed by atoms with van der Waals surface area (Å²) in [6.45, 7) is 8.18. The van der Waals surface area contributed by atoms with E-state index in [-0.39, 0.29) is 10.8 Å². The fourth-order valence-corrected chi connectivity index (χ4v) is 2.20. The van der Waals surface area contributed by atoms with Gasteiger partial charge in [-0.05, 0) is 6.92 Å². The van der Waals surface area contributed by atoms with Gasteiger partial charge < -0.3 is 0 Å². The number of halogens is 1. The van der Waals surface area contributed by atoms with Crippen LogP contribution in [0.4, 0.5) is 0 Å². The minimum Gasteiger partial charge on any atom is -0.187 e. The molecular formula is C9H13ClN4S. The van der Waals surface area contributed by atoms with Crippen LogP contribution >= 0.6 is 22.9 Å². The summed E-state index contributed by atoms with van der Waals surface area (Å²) in [7, 11) is 0. The summed E-state index contributed by atoms with van der Waals surface area (Å²) >= 11 is 7.47. The highest BCUT2D eigenvalue weighted by molar-refractivity contribution is 7.16. The Hall–Kier alpha value is -0.680. The summed E-state index contributed by atoms with van der Waals surface area (Å²) in [5, 5.41) is 13.5. The smallest absolute Gasteiger partial charge is 0.187 e. The molecule has 1 unspecified atom stereocenters. The molecule has 0 amide bonds. The topological polar surface area (TPSA) is 43.1 Å². The van der Waals surface area contributed by atoms with Crippen LogP contribution in [0.1, 0.15) is 43.9 Å². The van der Waals surface area contributed by atoms with E-state index in [0.29, 0.717) is 0 Å². The van der Waals surface area contributed by atoms with E-state index < -0.39 is 0 Å². The van der Waals surface area contributed by atoms with Crippen molar-refractivity contribution in [3.63, 3.8) is 0 Å². The second-order valence-electron chi connectivity index (χ2n) is 4.52. The van der Waals surface area contributed by atoms with E-state index in [2.05, 4.69) is 36.1 Å². The van der Waals surface area contributed by atoms with Gasteiger partial charge in [0.2, 0.25) is 4.96 Å². The van der Waals surface area contributed by atoms with E-state index in [9.17, 15) is 0 Å². The molecule has 0 aliphatic carbocycles. The van der Waals surface area contributed by atoms with E-state index in [1.807, 2.05) is 6.92 Å². The molecule has 0 fully saturated rings. The maximum atomic E-state index is 5.98. The van der Waals surface area contributed by atoms with Crippen molar-refractivity contribution >= 4 is 27.9 Å². The third-order valence-electron chi connectivity index (χ3n) is 2.02. The molecule has 2 rings (SSSR count). The van der Waals surface area contributed by atoms with Crippen molar-refractivity contribution in [2.75, 3.05) is 0 Å². The van der Waals surface area contributed by atoms with Crippen LogP contribution in [0.3, 0.4) is 0 Å². The Bertz CT molecular complexity index is 480. The lowest BCUT2D eigenvalue weighted by Crippen LogP contribution is -2.16. The first kappa shape index (κ1) is 10.8. The van der Waals surface area contributed by atoms with Gasteiger partial charge in [0.1, 0.15) is 5.01 Å². The fraction of sp³-hybridized carbons (Fsp3) is 0.667. The maximum absolute atomic E-state index is 5.98. The molecule has 2 heterocycles. The number of rotatable bonds is 1. The van der Waals surface area contributed by atoms with Crippen molar-refractivity contribution in [1.29, 1.82) is 0 Å². The zero-order valence-corrected chi connectivity index (χ0v) is 10.7. The van der Waals surface area contributed by atoms with Gasteiger partial charge in [0, 0.05) is 5.41 Å². The normalized spacial score (nSPS) is 14.7. The third-order valence-corrected chi connectivity index (χ3v) is 3.44. The maximum Gasteiger partial charge on any atom is 0.234 e. The van der Waals surface area contributed by atoms with Crippen LogP contribution in [0.25, 0.3) is 4.96 Å². The summed E-state index contributed by atoms with van der Waals surface area (Å²) in [6.07, 6.45) is 0. The van der Waals surface area contributed by atoms with Gasteiger partial charge in [-0.3, -0.25) is 0 Å². The molecule has 0 N–H and O–H groups in total. The second-order valence-corrected chi connectivity index (χ2v) is 6.17. The quantitative estimate of drug-likeness (QED) is 0.725. The van der Waals surface area contributed by atoms with Gasteiger partial charge in [-0.15, -0.1) is 21.8 Å². The van der Waals surface area contributed by atoms with Crippen LogP contribution in [0, 0.1) is 0 Å². The lowest BCUT2D eigenvalue weighted by molar-refractivity contribution is 0.526. The Morgan fingerprint density at radius 3 is 2.53 bits per heavy atom. The number of aromatic nitrogens is 4. The molecule has 2 aromatic rings. The first-order valence-corrected chi connectivity index (χ1v) is 6.01. The average molecular weight is 245 g/mol. The van der Waals surface area contributed by atoms with E-state index in [1.165, 1.54) is 11.3 Å². The zero-order valence-electron chi connectivity index (χ0n) is 9.15. The molecule has 1 atom stereocenters. The Labute approximate surface area is 97.3 Å². The summed E-state index contributed by atoms with van der Waals surface area (Å²) in [4.78, 5) is 0.808. The lowest BCUT2D eigenvalue weighted by Gasteiger charge is -2.13. The molecule has 6 heteroatoms. The van der Waals surface area contributed by atoms with Crippen molar-refractivity contribution in [3.05, 3.63) is 10.8 Å². The first-order valence-electron chi connectivity index (χ1n) is 4.76.